The average molecular weight is 458 g/mol. The number of carbonyl (C=O) groups excluding carboxylic acids is 1. The van der Waals surface area contributed by atoms with Gasteiger partial charge in [-0.15, -0.1) is 0 Å². The highest BCUT2D eigenvalue weighted by Crippen LogP contribution is 2.35. The third kappa shape index (κ3) is 4.37. The van der Waals surface area contributed by atoms with Gasteiger partial charge in [-0.05, 0) is 42.8 Å². The van der Waals surface area contributed by atoms with Crippen LogP contribution in [-0.4, -0.2) is 15.5 Å². The lowest BCUT2D eigenvalue weighted by Gasteiger charge is -2.29. The Bertz CT molecular complexity index is 1370. The standard InChI is InChI=1S/C27H24FN3O3/c1-18-12-13-23(33-18)15-25-27(34-19(2)32)31-17-30(22-9-4-3-5-10-22)16-21(26(31)29-25)14-20-8-6-7-11-24(20)28/h3-13,16H,14-15,17H2,1-2H3. The molecule has 0 radical (unpaired) electrons. The van der Waals surface area contributed by atoms with E-state index in [9.17, 15) is 9.18 Å². The van der Waals surface area contributed by atoms with Crippen LogP contribution in [0.3, 0.4) is 0 Å². The van der Waals surface area contributed by atoms with Gasteiger partial charge in [-0.25, -0.2) is 9.37 Å². The lowest BCUT2D eigenvalue weighted by molar-refractivity contribution is -0.132. The topological polar surface area (TPSA) is 60.5 Å². The highest BCUT2D eigenvalue weighted by Gasteiger charge is 2.28. The van der Waals surface area contributed by atoms with Crippen molar-refractivity contribution in [2.75, 3.05) is 4.90 Å². The summed E-state index contributed by atoms with van der Waals surface area (Å²) >= 11 is 0. The molecule has 1 aliphatic rings. The largest absolute Gasteiger partial charge is 0.466 e. The quantitative estimate of drug-likeness (QED) is 0.358. The Morgan fingerprint density at radius 3 is 2.53 bits per heavy atom. The van der Waals surface area contributed by atoms with Crippen LogP contribution in [0.4, 0.5) is 10.1 Å². The molecule has 0 amide bonds. The molecule has 4 aromatic rings. The molecule has 34 heavy (non-hydrogen) atoms. The number of ether oxygens (including phenoxy) is 1. The number of hydrogen-bond acceptors (Lipinski definition) is 5. The van der Waals surface area contributed by atoms with Crippen molar-refractivity contribution in [3.05, 3.63) is 107 Å². The number of hydrogen-bond donors (Lipinski definition) is 0. The maximum atomic E-state index is 14.5. The van der Waals surface area contributed by atoms with Crippen LogP contribution in [0.2, 0.25) is 0 Å². The molecule has 3 heterocycles. The number of rotatable bonds is 6. The zero-order valence-electron chi connectivity index (χ0n) is 19.0. The monoisotopic (exact) mass is 457 g/mol. The predicted molar refractivity (Wildman–Crippen MR) is 127 cm³/mol. The highest BCUT2D eigenvalue weighted by molar-refractivity contribution is 5.73. The van der Waals surface area contributed by atoms with Gasteiger partial charge < -0.3 is 14.1 Å². The molecule has 0 spiro atoms. The number of esters is 1. The normalized spacial score (nSPS) is 12.9. The van der Waals surface area contributed by atoms with Crippen LogP contribution in [0.5, 0.6) is 5.88 Å². The summed E-state index contributed by atoms with van der Waals surface area (Å²) < 4.78 is 27.8. The SMILES string of the molecule is CC(=O)Oc1c(Cc2ccc(C)o2)nc2n1CN(c1ccccc1)C=C2Cc1ccccc1F. The van der Waals surface area contributed by atoms with E-state index in [2.05, 4.69) is 0 Å². The Balaban J connectivity index is 1.62. The molecule has 5 rings (SSSR count). The molecule has 0 N–H and O–H groups in total. The first-order chi connectivity index (χ1) is 16.5. The van der Waals surface area contributed by atoms with E-state index in [1.165, 1.54) is 13.0 Å². The van der Waals surface area contributed by atoms with Crippen LogP contribution >= 0.6 is 0 Å². The van der Waals surface area contributed by atoms with Gasteiger partial charge >= 0.3 is 5.97 Å². The molecule has 1 aliphatic heterocycles. The third-order valence-corrected chi connectivity index (χ3v) is 5.69. The number of para-hydroxylation sites is 1. The second-order valence-corrected chi connectivity index (χ2v) is 8.27. The van der Waals surface area contributed by atoms with Gasteiger partial charge in [-0.1, -0.05) is 36.4 Å². The first-order valence-electron chi connectivity index (χ1n) is 11.1. The lowest BCUT2D eigenvalue weighted by Crippen LogP contribution is -2.27. The van der Waals surface area contributed by atoms with Crippen molar-refractivity contribution >= 4 is 17.2 Å². The smallest absolute Gasteiger partial charge is 0.309 e. The summed E-state index contributed by atoms with van der Waals surface area (Å²) in [6.07, 6.45) is 2.70. The van der Waals surface area contributed by atoms with Gasteiger partial charge in [0.1, 0.15) is 35.5 Å². The van der Waals surface area contributed by atoms with E-state index in [4.69, 9.17) is 14.1 Å². The summed E-state index contributed by atoms with van der Waals surface area (Å²) in [6, 6.07) is 20.4. The number of nitrogens with zero attached hydrogens (tertiary/aromatic N) is 3. The van der Waals surface area contributed by atoms with Crippen molar-refractivity contribution in [1.82, 2.24) is 9.55 Å². The molecule has 0 unspecified atom stereocenters. The molecule has 2 aromatic carbocycles. The van der Waals surface area contributed by atoms with E-state index in [1.54, 1.807) is 12.1 Å². The number of benzene rings is 2. The molecule has 0 aliphatic carbocycles. The number of imidazole rings is 1. The van der Waals surface area contributed by atoms with Gasteiger partial charge in [-0.3, -0.25) is 9.36 Å². The lowest BCUT2D eigenvalue weighted by atomic mass is 10.0. The van der Waals surface area contributed by atoms with E-state index in [-0.39, 0.29) is 5.82 Å². The van der Waals surface area contributed by atoms with Crippen LogP contribution in [0.25, 0.3) is 5.57 Å². The number of aromatic nitrogens is 2. The maximum Gasteiger partial charge on any atom is 0.309 e. The average Bonchev–Trinajstić information content (AvgIpc) is 3.39. The molecule has 0 fully saturated rings. The van der Waals surface area contributed by atoms with Crippen molar-refractivity contribution in [2.45, 2.75) is 33.4 Å². The van der Waals surface area contributed by atoms with Gasteiger partial charge in [0.15, 0.2) is 0 Å². The first kappa shape index (κ1) is 21.7. The van der Waals surface area contributed by atoms with Crippen LogP contribution in [0.1, 0.15) is 35.5 Å². The minimum atomic E-state index is -0.434. The summed E-state index contributed by atoms with van der Waals surface area (Å²) in [5.74, 6) is 1.83. The fourth-order valence-corrected chi connectivity index (χ4v) is 4.16. The van der Waals surface area contributed by atoms with E-state index >= 15 is 0 Å². The Labute approximate surface area is 196 Å². The van der Waals surface area contributed by atoms with Crippen LogP contribution in [0, 0.1) is 12.7 Å². The summed E-state index contributed by atoms with van der Waals surface area (Å²) in [7, 11) is 0. The van der Waals surface area contributed by atoms with Gasteiger partial charge in [0.2, 0.25) is 5.88 Å². The number of aryl methyl sites for hydroxylation is 1. The zero-order chi connectivity index (χ0) is 23.7. The highest BCUT2D eigenvalue weighted by atomic mass is 19.1. The van der Waals surface area contributed by atoms with Crippen LogP contribution < -0.4 is 9.64 Å². The Hall–Kier alpha value is -4.13. The molecular weight excluding hydrogens is 433 g/mol. The van der Waals surface area contributed by atoms with E-state index in [0.29, 0.717) is 42.5 Å². The summed E-state index contributed by atoms with van der Waals surface area (Å²) in [5, 5.41) is 0. The van der Waals surface area contributed by atoms with E-state index in [1.807, 2.05) is 71.1 Å². The maximum absolute atomic E-state index is 14.5. The molecule has 0 saturated carbocycles. The van der Waals surface area contributed by atoms with Crippen molar-refractivity contribution in [3.63, 3.8) is 0 Å². The predicted octanol–water partition coefficient (Wildman–Crippen LogP) is 5.50. The third-order valence-electron chi connectivity index (χ3n) is 5.69. The second kappa shape index (κ2) is 9.02. The van der Waals surface area contributed by atoms with Crippen molar-refractivity contribution in [1.29, 1.82) is 0 Å². The molecule has 7 heteroatoms. The molecule has 172 valence electrons. The minimum absolute atomic E-state index is 0.273. The Morgan fingerprint density at radius 2 is 1.82 bits per heavy atom. The number of furan rings is 1. The zero-order valence-corrected chi connectivity index (χ0v) is 19.0. The van der Waals surface area contributed by atoms with Gasteiger partial charge in [0.05, 0.1) is 6.42 Å². The molecule has 0 saturated heterocycles. The van der Waals surface area contributed by atoms with Gasteiger partial charge in [0.25, 0.3) is 0 Å². The van der Waals surface area contributed by atoms with Crippen molar-refractivity contribution in [2.24, 2.45) is 0 Å². The molecule has 6 nitrogen and oxygen atoms in total. The number of halogens is 1. The van der Waals surface area contributed by atoms with E-state index in [0.717, 1.165) is 22.8 Å². The first-order valence-corrected chi connectivity index (χ1v) is 11.1. The van der Waals surface area contributed by atoms with E-state index < -0.39 is 5.97 Å². The molecule has 2 aromatic heterocycles. The molecular formula is C27H24FN3O3. The van der Waals surface area contributed by atoms with Crippen molar-refractivity contribution in [3.8, 4) is 5.88 Å². The summed E-state index contributed by atoms with van der Waals surface area (Å²) in [5.41, 5.74) is 2.93. The number of fused-ring (bicyclic) bond motifs is 1. The number of carbonyl (C=O) groups is 1. The van der Waals surface area contributed by atoms with Crippen LogP contribution in [0.15, 0.2) is 77.3 Å². The fraction of sp³-hybridized carbons (Fsp3) is 0.185. The number of allylic oxidation sites excluding steroid dienone is 1. The Morgan fingerprint density at radius 1 is 1.06 bits per heavy atom. The second-order valence-electron chi connectivity index (χ2n) is 8.27. The number of anilines is 1. The fourth-order valence-electron chi connectivity index (χ4n) is 4.16. The minimum Gasteiger partial charge on any atom is -0.466 e. The van der Waals surface area contributed by atoms with Gasteiger partial charge in [-0.2, -0.15) is 0 Å². The van der Waals surface area contributed by atoms with Crippen molar-refractivity contribution < 1.29 is 18.3 Å². The van der Waals surface area contributed by atoms with Crippen LogP contribution in [-0.2, 0) is 24.3 Å². The van der Waals surface area contributed by atoms with Gasteiger partial charge in [0, 0.05) is 30.8 Å². The summed E-state index contributed by atoms with van der Waals surface area (Å²) in [6.45, 7) is 3.64. The molecule has 0 atom stereocenters. The Kier molecular flexibility index (Phi) is 5.76. The molecule has 0 bridgehead atoms. The summed E-state index contributed by atoms with van der Waals surface area (Å²) in [4.78, 5) is 18.9.